The molecule has 0 fully saturated rings. The van der Waals surface area contributed by atoms with E-state index in [1.165, 1.54) is 5.56 Å². The van der Waals surface area contributed by atoms with E-state index in [9.17, 15) is 0 Å². The van der Waals surface area contributed by atoms with E-state index in [2.05, 4.69) is 15.3 Å². The Balaban J connectivity index is 1.71. The van der Waals surface area contributed by atoms with E-state index >= 15 is 0 Å². The third kappa shape index (κ3) is 2.65. The summed E-state index contributed by atoms with van der Waals surface area (Å²) in [5.41, 5.74) is 4.36. The number of fused-ring (bicyclic) bond motifs is 1. The molecule has 0 bridgehead atoms. The molecule has 1 aromatic carbocycles. The van der Waals surface area contributed by atoms with E-state index in [1.54, 1.807) is 0 Å². The second-order valence-electron chi connectivity index (χ2n) is 4.73. The van der Waals surface area contributed by atoms with Crippen molar-refractivity contribution in [1.29, 1.82) is 0 Å². The van der Waals surface area contributed by atoms with Gasteiger partial charge in [-0.25, -0.2) is 4.98 Å². The van der Waals surface area contributed by atoms with E-state index < -0.39 is 0 Å². The van der Waals surface area contributed by atoms with Gasteiger partial charge in [-0.05, 0) is 41.8 Å². The Morgan fingerprint density at radius 3 is 2.75 bits per heavy atom. The number of rotatable bonds is 5. The summed E-state index contributed by atoms with van der Waals surface area (Å²) in [5, 5.41) is 13.5. The van der Waals surface area contributed by atoms with Crippen LogP contribution in [0, 0.1) is 0 Å². The van der Waals surface area contributed by atoms with Crippen LogP contribution in [0.5, 0.6) is 0 Å². The fourth-order valence-electron chi connectivity index (χ4n) is 2.29. The average molecular weight is 267 g/mol. The summed E-state index contributed by atoms with van der Waals surface area (Å²) >= 11 is 0. The lowest BCUT2D eigenvalue weighted by Gasteiger charge is -2.08. The van der Waals surface area contributed by atoms with E-state index in [-0.39, 0.29) is 6.61 Å². The van der Waals surface area contributed by atoms with Crippen molar-refractivity contribution in [1.82, 2.24) is 9.97 Å². The van der Waals surface area contributed by atoms with Crippen LogP contribution in [0.2, 0.25) is 0 Å². The summed E-state index contributed by atoms with van der Waals surface area (Å²) in [6, 6.07) is 12.2. The third-order valence-electron chi connectivity index (χ3n) is 3.39. The molecular formula is C16H17N3O. The molecule has 0 spiro atoms. The van der Waals surface area contributed by atoms with Gasteiger partial charge in [0, 0.05) is 36.6 Å². The lowest BCUT2D eigenvalue weighted by Crippen LogP contribution is -2.00. The minimum Gasteiger partial charge on any atom is -0.396 e. The summed E-state index contributed by atoms with van der Waals surface area (Å²) < 4.78 is 0. The summed E-state index contributed by atoms with van der Waals surface area (Å²) in [7, 11) is 0. The van der Waals surface area contributed by atoms with Crippen molar-refractivity contribution in [2.75, 3.05) is 11.9 Å². The van der Waals surface area contributed by atoms with Crippen LogP contribution >= 0.6 is 0 Å². The Bertz CT molecular complexity index is 688. The van der Waals surface area contributed by atoms with Gasteiger partial charge in [0.05, 0.1) is 0 Å². The van der Waals surface area contributed by atoms with Crippen LogP contribution in [-0.4, -0.2) is 21.7 Å². The second-order valence-corrected chi connectivity index (χ2v) is 4.73. The van der Waals surface area contributed by atoms with E-state index in [0.717, 1.165) is 28.8 Å². The molecule has 0 aliphatic rings. The van der Waals surface area contributed by atoms with Crippen LogP contribution in [0.3, 0.4) is 0 Å². The number of anilines is 1. The van der Waals surface area contributed by atoms with E-state index in [1.807, 2.05) is 48.8 Å². The van der Waals surface area contributed by atoms with Crippen LogP contribution in [0.1, 0.15) is 11.1 Å². The van der Waals surface area contributed by atoms with Gasteiger partial charge in [-0.1, -0.05) is 12.1 Å². The van der Waals surface area contributed by atoms with Gasteiger partial charge in [0.25, 0.3) is 0 Å². The topological polar surface area (TPSA) is 60.9 Å². The number of aliphatic hydroxyl groups is 1. The van der Waals surface area contributed by atoms with Crippen LogP contribution in [0.25, 0.3) is 11.0 Å². The molecule has 0 radical (unpaired) electrons. The SMILES string of the molecule is OCCc1ccc(NCc2ccnc3[nH]ccc23)cc1. The number of aliphatic hydroxyl groups excluding tert-OH is 1. The molecule has 20 heavy (non-hydrogen) atoms. The van der Waals surface area contributed by atoms with Gasteiger partial charge in [-0.3, -0.25) is 0 Å². The van der Waals surface area contributed by atoms with Gasteiger partial charge in [-0.15, -0.1) is 0 Å². The van der Waals surface area contributed by atoms with Crippen molar-refractivity contribution in [3.8, 4) is 0 Å². The highest BCUT2D eigenvalue weighted by atomic mass is 16.2. The van der Waals surface area contributed by atoms with Gasteiger partial charge in [0.2, 0.25) is 0 Å². The van der Waals surface area contributed by atoms with Crippen molar-refractivity contribution in [3.63, 3.8) is 0 Å². The first-order valence-corrected chi connectivity index (χ1v) is 6.71. The fraction of sp³-hybridized carbons (Fsp3) is 0.188. The van der Waals surface area contributed by atoms with Crippen molar-refractivity contribution in [2.45, 2.75) is 13.0 Å². The van der Waals surface area contributed by atoms with Gasteiger partial charge >= 0.3 is 0 Å². The normalized spacial score (nSPS) is 10.8. The molecule has 3 N–H and O–H groups in total. The van der Waals surface area contributed by atoms with Gasteiger partial charge in [-0.2, -0.15) is 0 Å². The van der Waals surface area contributed by atoms with E-state index in [0.29, 0.717) is 6.42 Å². The van der Waals surface area contributed by atoms with Gasteiger partial charge < -0.3 is 15.4 Å². The minimum absolute atomic E-state index is 0.190. The second kappa shape index (κ2) is 5.75. The predicted molar refractivity (Wildman–Crippen MR) is 80.7 cm³/mol. The Morgan fingerprint density at radius 2 is 1.95 bits per heavy atom. The highest BCUT2D eigenvalue weighted by molar-refractivity contribution is 5.79. The molecule has 2 heterocycles. The zero-order valence-electron chi connectivity index (χ0n) is 11.1. The Kier molecular flexibility index (Phi) is 3.65. The molecule has 0 saturated heterocycles. The standard InChI is InChI=1S/C16H17N3O/c20-10-7-12-1-3-14(4-2-12)19-11-13-5-8-17-16-15(13)6-9-18-16/h1-6,8-9,19-20H,7,10-11H2,(H,17,18). The number of hydrogen-bond donors (Lipinski definition) is 3. The monoisotopic (exact) mass is 267 g/mol. The van der Waals surface area contributed by atoms with Crippen molar-refractivity contribution >= 4 is 16.7 Å². The summed E-state index contributed by atoms with van der Waals surface area (Å²) in [6.07, 6.45) is 4.43. The number of hydrogen-bond acceptors (Lipinski definition) is 3. The van der Waals surface area contributed by atoms with Gasteiger partial charge in [0.15, 0.2) is 0 Å². The predicted octanol–water partition coefficient (Wildman–Crippen LogP) is 2.71. The lowest BCUT2D eigenvalue weighted by molar-refractivity contribution is 0.299. The molecule has 0 atom stereocenters. The summed E-state index contributed by atoms with van der Waals surface area (Å²) in [4.78, 5) is 7.40. The molecule has 2 aromatic heterocycles. The summed E-state index contributed by atoms with van der Waals surface area (Å²) in [5.74, 6) is 0. The smallest absolute Gasteiger partial charge is 0.137 e. The first-order chi connectivity index (χ1) is 9.86. The Hall–Kier alpha value is -2.33. The van der Waals surface area contributed by atoms with E-state index in [4.69, 9.17) is 5.11 Å². The van der Waals surface area contributed by atoms with Crippen LogP contribution in [-0.2, 0) is 13.0 Å². The zero-order chi connectivity index (χ0) is 13.8. The Morgan fingerprint density at radius 1 is 1.10 bits per heavy atom. The molecule has 0 amide bonds. The van der Waals surface area contributed by atoms with Crippen LogP contribution in [0.4, 0.5) is 5.69 Å². The quantitative estimate of drug-likeness (QED) is 0.666. The molecule has 0 aliphatic carbocycles. The highest BCUT2D eigenvalue weighted by Gasteiger charge is 2.02. The highest BCUT2D eigenvalue weighted by Crippen LogP contribution is 2.17. The maximum absolute atomic E-state index is 8.90. The maximum Gasteiger partial charge on any atom is 0.137 e. The van der Waals surface area contributed by atoms with Crippen molar-refractivity contribution in [2.24, 2.45) is 0 Å². The van der Waals surface area contributed by atoms with Crippen molar-refractivity contribution in [3.05, 3.63) is 59.9 Å². The first kappa shape index (κ1) is 12.7. The zero-order valence-corrected chi connectivity index (χ0v) is 11.1. The molecule has 3 rings (SSSR count). The molecule has 0 saturated carbocycles. The number of aromatic nitrogens is 2. The molecule has 0 aliphatic heterocycles. The van der Waals surface area contributed by atoms with Gasteiger partial charge in [0.1, 0.15) is 5.65 Å². The lowest BCUT2D eigenvalue weighted by atomic mass is 10.1. The average Bonchev–Trinajstić information content (AvgIpc) is 2.96. The number of H-pyrrole nitrogens is 1. The molecule has 102 valence electrons. The number of benzene rings is 1. The number of aromatic amines is 1. The number of nitrogens with one attached hydrogen (secondary N) is 2. The van der Waals surface area contributed by atoms with Crippen LogP contribution in [0.15, 0.2) is 48.8 Å². The fourth-order valence-corrected chi connectivity index (χ4v) is 2.29. The Labute approximate surface area is 117 Å². The molecule has 0 unspecified atom stereocenters. The van der Waals surface area contributed by atoms with Crippen LogP contribution < -0.4 is 5.32 Å². The third-order valence-corrected chi connectivity index (χ3v) is 3.39. The molecule has 4 nitrogen and oxygen atoms in total. The number of nitrogens with zero attached hydrogens (tertiary/aromatic N) is 1. The summed E-state index contributed by atoms with van der Waals surface area (Å²) in [6.45, 7) is 0.950. The number of pyridine rings is 1. The molecular weight excluding hydrogens is 250 g/mol. The maximum atomic E-state index is 8.90. The first-order valence-electron chi connectivity index (χ1n) is 6.71. The minimum atomic E-state index is 0.190. The molecule has 4 heteroatoms. The molecule has 3 aromatic rings. The van der Waals surface area contributed by atoms with Crippen molar-refractivity contribution < 1.29 is 5.11 Å². The largest absolute Gasteiger partial charge is 0.396 e.